The van der Waals surface area contributed by atoms with Crippen LogP contribution in [0, 0.1) is 5.92 Å². The van der Waals surface area contributed by atoms with E-state index in [0.29, 0.717) is 29.4 Å². The third-order valence-electron chi connectivity index (χ3n) is 3.16. The molecule has 2 unspecified atom stereocenters. The largest absolute Gasteiger partial charge is 0.355 e. The molecule has 19 heavy (non-hydrogen) atoms. The van der Waals surface area contributed by atoms with Gasteiger partial charge in [0.1, 0.15) is 0 Å². The molecule has 0 saturated heterocycles. The molecule has 0 aromatic heterocycles. The van der Waals surface area contributed by atoms with Crippen LogP contribution in [0.3, 0.4) is 0 Å². The van der Waals surface area contributed by atoms with Crippen LogP contribution in [0.25, 0.3) is 0 Å². The SMILES string of the molecule is NC1C=CC(C(=O)NCCc2ccc(Cl)cc2Cl)C1. The summed E-state index contributed by atoms with van der Waals surface area (Å²) in [4.78, 5) is 11.8. The van der Waals surface area contributed by atoms with Gasteiger partial charge in [0.05, 0.1) is 5.92 Å². The van der Waals surface area contributed by atoms with Gasteiger partial charge in [0.15, 0.2) is 0 Å². The summed E-state index contributed by atoms with van der Waals surface area (Å²) in [6, 6.07) is 5.38. The van der Waals surface area contributed by atoms with Crippen molar-refractivity contribution in [3.05, 3.63) is 46.0 Å². The minimum Gasteiger partial charge on any atom is -0.355 e. The molecule has 0 aliphatic heterocycles. The average Bonchev–Trinajstić information content (AvgIpc) is 2.78. The Morgan fingerprint density at radius 1 is 1.37 bits per heavy atom. The van der Waals surface area contributed by atoms with Crippen LogP contribution in [0.4, 0.5) is 0 Å². The Morgan fingerprint density at radius 3 is 2.79 bits per heavy atom. The molecule has 5 heteroatoms. The van der Waals surface area contributed by atoms with E-state index in [1.807, 2.05) is 18.2 Å². The van der Waals surface area contributed by atoms with Crippen molar-refractivity contribution in [2.75, 3.05) is 6.54 Å². The Bertz CT molecular complexity index is 502. The normalized spacial score (nSPS) is 21.6. The molecule has 1 aromatic carbocycles. The molecule has 2 atom stereocenters. The topological polar surface area (TPSA) is 55.1 Å². The second-order valence-electron chi connectivity index (χ2n) is 4.67. The number of benzene rings is 1. The standard InChI is InChI=1S/C14H16Cl2N2O/c15-11-3-1-9(13(16)8-11)5-6-18-14(19)10-2-4-12(17)7-10/h1-4,8,10,12H,5-7,17H2,(H,18,19). The predicted molar refractivity (Wildman–Crippen MR) is 78.4 cm³/mol. The lowest BCUT2D eigenvalue weighted by Crippen LogP contribution is -2.32. The molecular formula is C14H16Cl2N2O. The summed E-state index contributed by atoms with van der Waals surface area (Å²) < 4.78 is 0. The van der Waals surface area contributed by atoms with Crippen molar-refractivity contribution < 1.29 is 4.79 Å². The summed E-state index contributed by atoms with van der Waals surface area (Å²) >= 11 is 11.9. The fraction of sp³-hybridized carbons (Fsp3) is 0.357. The lowest BCUT2D eigenvalue weighted by molar-refractivity contribution is -0.123. The van der Waals surface area contributed by atoms with Crippen LogP contribution in [-0.4, -0.2) is 18.5 Å². The second kappa shape index (κ2) is 6.42. The zero-order valence-electron chi connectivity index (χ0n) is 10.4. The number of nitrogens with one attached hydrogen (secondary N) is 1. The summed E-state index contributed by atoms with van der Waals surface area (Å²) in [5.41, 5.74) is 6.70. The first-order chi connectivity index (χ1) is 9.06. The zero-order chi connectivity index (χ0) is 13.8. The van der Waals surface area contributed by atoms with Crippen LogP contribution < -0.4 is 11.1 Å². The smallest absolute Gasteiger partial charge is 0.227 e. The van der Waals surface area contributed by atoms with Crippen molar-refractivity contribution in [3.8, 4) is 0 Å². The molecule has 102 valence electrons. The van der Waals surface area contributed by atoms with Crippen molar-refractivity contribution in [1.82, 2.24) is 5.32 Å². The Morgan fingerprint density at radius 2 is 2.16 bits per heavy atom. The Hall–Kier alpha value is -1.03. The lowest BCUT2D eigenvalue weighted by atomic mass is 10.1. The molecule has 0 saturated carbocycles. The van der Waals surface area contributed by atoms with Crippen molar-refractivity contribution in [2.24, 2.45) is 11.7 Å². The van der Waals surface area contributed by atoms with Crippen LogP contribution in [0.5, 0.6) is 0 Å². The van der Waals surface area contributed by atoms with E-state index < -0.39 is 0 Å². The number of halogens is 2. The summed E-state index contributed by atoms with van der Waals surface area (Å²) in [6.07, 6.45) is 5.12. The van der Waals surface area contributed by atoms with Crippen LogP contribution in [0.15, 0.2) is 30.4 Å². The van der Waals surface area contributed by atoms with Crippen molar-refractivity contribution in [1.29, 1.82) is 0 Å². The van der Waals surface area contributed by atoms with E-state index in [2.05, 4.69) is 5.32 Å². The quantitative estimate of drug-likeness (QED) is 0.840. The summed E-state index contributed by atoms with van der Waals surface area (Å²) in [6.45, 7) is 0.555. The fourth-order valence-electron chi connectivity index (χ4n) is 2.10. The Balaban J connectivity index is 1.80. The fourth-order valence-corrected chi connectivity index (χ4v) is 2.60. The van der Waals surface area contributed by atoms with E-state index in [4.69, 9.17) is 28.9 Å². The average molecular weight is 299 g/mol. The molecular weight excluding hydrogens is 283 g/mol. The monoisotopic (exact) mass is 298 g/mol. The van der Waals surface area contributed by atoms with Gasteiger partial charge >= 0.3 is 0 Å². The third kappa shape index (κ3) is 3.96. The highest BCUT2D eigenvalue weighted by atomic mass is 35.5. The first kappa shape index (κ1) is 14.4. The van der Waals surface area contributed by atoms with Gasteiger partial charge in [-0.25, -0.2) is 0 Å². The van der Waals surface area contributed by atoms with Crippen LogP contribution in [0.2, 0.25) is 10.0 Å². The molecule has 1 aliphatic carbocycles. The van der Waals surface area contributed by atoms with E-state index in [1.165, 1.54) is 0 Å². The van der Waals surface area contributed by atoms with Gasteiger partial charge < -0.3 is 11.1 Å². The van der Waals surface area contributed by atoms with Gasteiger partial charge in [0.25, 0.3) is 0 Å². The van der Waals surface area contributed by atoms with Gasteiger partial charge in [0, 0.05) is 22.6 Å². The molecule has 3 nitrogen and oxygen atoms in total. The number of nitrogens with two attached hydrogens (primary N) is 1. The van der Waals surface area contributed by atoms with E-state index in [9.17, 15) is 4.79 Å². The van der Waals surface area contributed by atoms with Crippen molar-refractivity contribution in [3.63, 3.8) is 0 Å². The molecule has 2 rings (SSSR count). The molecule has 0 fully saturated rings. The molecule has 0 radical (unpaired) electrons. The number of carbonyl (C=O) groups excluding carboxylic acids is 1. The minimum atomic E-state index is -0.101. The lowest BCUT2D eigenvalue weighted by Gasteiger charge is -2.11. The number of carbonyl (C=O) groups is 1. The Kier molecular flexibility index (Phi) is 4.86. The minimum absolute atomic E-state index is 0.00135. The van der Waals surface area contributed by atoms with Crippen molar-refractivity contribution >= 4 is 29.1 Å². The molecule has 1 amide bonds. The molecule has 3 N–H and O–H groups in total. The summed E-state index contributed by atoms with van der Waals surface area (Å²) in [5, 5.41) is 4.14. The maximum Gasteiger partial charge on any atom is 0.227 e. The highest BCUT2D eigenvalue weighted by Gasteiger charge is 2.22. The summed E-state index contributed by atoms with van der Waals surface area (Å²) in [5.74, 6) is -0.0787. The molecule has 0 heterocycles. The number of hydrogen-bond donors (Lipinski definition) is 2. The molecule has 1 aromatic rings. The predicted octanol–water partition coefficient (Wildman–Crippen LogP) is 2.56. The third-order valence-corrected chi connectivity index (χ3v) is 3.75. The summed E-state index contributed by atoms with van der Waals surface area (Å²) in [7, 11) is 0. The van der Waals surface area contributed by atoms with Crippen molar-refractivity contribution in [2.45, 2.75) is 18.9 Å². The molecule has 0 bridgehead atoms. The van der Waals surface area contributed by atoms with Crippen LogP contribution in [0.1, 0.15) is 12.0 Å². The maximum atomic E-state index is 11.8. The number of hydrogen-bond acceptors (Lipinski definition) is 2. The van der Waals surface area contributed by atoms with E-state index in [1.54, 1.807) is 12.1 Å². The van der Waals surface area contributed by atoms with E-state index in [0.717, 1.165) is 5.56 Å². The second-order valence-corrected chi connectivity index (χ2v) is 5.51. The zero-order valence-corrected chi connectivity index (χ0v) is 11.9. The maximum absolute atomic E-state index is 11.8. The van der Waals surface area contributed by atoms with E-state index in [-0.39, 0.29) is 17.9 Å². The van der Waals surface area contributed by atoms with Gasteiger partial charge in [-0.05, 0) is 30.5 Å². The highest BCUT2D eigenvalue weighted by molar-refractivity contribution is 6.35. The highest BCUT2D eigenvalue weighted by Crippen LogP contribution is 2.21. The van der Waals surface area contributed by atoms with Crippen LogP contribution >= 0.6 is 23.2 Å². The number of amides is 1. The van der Waals surface area contributed by atoms with Gasteiger partial charge in [-0.2, -0.15) is 0 Å². The molecule has 0 spiro atoms. The van der Waals surface area contributed by atoms with Gasteiger partial charge in [0.2, 0.25) is 5.91 Å². The first-order valence-electron chi connectivity index (χ1n) is 6.22. The van der Waals surface area contributed by atoms with Gasteiger partial charge in [-0.1, -0.05) is 41.4 Å². The molecule has 1 aliphatic rings. The number of rotatable bonds is 4. The van der Waals surface area contributed by atoms with Gasteiger partial charge in [-0.3, -0.25) is 4.79 Å². The first-order valence-corrected chi connectivity index (χ1v) is 6.97. The van der Waals surface area contributed by atoms with Gasteiger partial charge in [-0.15, -0.1) is 0 Å². The van der Waals surface area contributed by atoms with Crippen LogP contribution in [-0.2, 0) is 11.2 Å². The van der Waals surface area contributed by atoms with E-state index >= 15 is 0 Å². The Labute approximate surface area is 122 Å².